The van der Waals surface area contributed by atoms with Crippen LogP contribution in [0.1, 0.15) is 30.1 Å². The Hall–Kier alpha value is -2.93. The minimum Gasteiger partial charge on any atom is -0.497 e. The van der Waals surface area contributed by atoms with Crippen molar-refractivity contribution in [3.63, 3.8) is 0 Å². The van der Waals surface area contributed by atoms with Gasteiger partial charge in [0.25, 0.3) is 5.91 Å². The number of amides is 2. The zero-order valence-electron chi connectivity index (χ0n) is 14.7. The summed E-state index contributed by atoms with van der Waals surface area (Å²) >= 11 is 5.16. The Kier molecular flexibility index (Phi) is 7.11. The zero-order chi connectivity index (χ0) is 18.9. The molecule has 0 bridgehead atoms. The van der Waals surface area contributed by atoms with E-state index >= 15 is 0 Å². The van der Waals surface area contributed by atoms with Crippen molar-refractivity contribution in [1.82, 2.24) is 5.32 Å². The predicted molar refractivity (Wildman–Crippen MR) is 107 cm³/mol. The van der Waals surface area contributed by atoms with Gasteiger partial charge >= 0.3 is 0 Å². The Morgan fingerprint density at radius 2 is 1.54 bits per heavy atom. The Balaban J connectivity index is 1.88. The Bertz CT molecular complexity index is 774. The van der Waals surface area contributed by atoms with E-state index in [1.54, 1.807) is 55.6 Å². The first-order valence-electron chi connectivity index (χ1n) is 8.18. The fraction of sp³-hybridized carbons (Fsp3) is 0.211. The Morgan fingerprint density at radius 1 is 0.962 bits per heavy atom. The van der Waals surface area contributed by atoms with Crippen molar-refractivity contribution in [1.29, 1.82) is 0 Å². The summed E-state index contributed by atoms with van der Waals surface area (Å²) in [5, 5.41) is 8.54. The van der Waals surface area contributed by atoms with Gasteiger partial charge in [-0.25, -0.2) is 0 Å². The molecular formula is C19H21N3O3S. The number of nitrogens with one attached hydrogen (secondary N) is 3. The van der Waals surface area contributed by atoms with Gasteiger partial charge in [-0.1, -0.05) is 6.92 Å². The van der Waals surface area contributed by atoms with E-state index in [4.69, 9.17) is 17.0 Å². The second-order valence-corrected chi connectivity index (χ2v) is 5.92. The SMILES string of the molecule is CCCC(=O)Nc1ccc(NC(=S)NC(=O)c2ccc(OC)cc2)cc1. The Morgan fingerprint density at radius 3 is 2.08 bits per heavy atom. The number of hydrogen-bond donors (Lipinski definition) is 3. The smallest absolute Gasteiger partial charge is 0.257 e. The molecule has 6 nitrogen and oxygen atoms in total. The summed E-state index contributed by atoms with van der Waals surface area (Å²) in [5.41, 5.74) is 1.89. The van der Waals surface area contributed by atoms with Gasteiger partial charge in [-0.15, -0.1) is 0 Å². The van der Waals surface area contributed by atoms with Crippen LogP contribution in [0.3, 0.4) is 0 Å². The number of thiocarbonyl (C=S) groups is 1. The molecule has 0 unspecified atom stereocenters. The fourth-order valence-electron chi connectivity index (χ4n) is 2.17. The van der Waals surface area contributed by atoms with Gasteiger partial charge in [0.2, 0.25) is 5.91 Å². The summed E-state index contributed by atoms with van der Waals surface area (Å²) < 4.78 is 5.06. The van der Waals surface area contributed by atoms with Crippen LogP contribution in [0.15, 0.2) is 48.5 Å². The first-order chi connectivity index (χ1) is 12.5. The van der Waals surface area contributed by atoms with E-state index < -0.39 is 0 Å². The van der Waals surface area contributed by atoms with Crippen molar-refractivity contribution in [2.45, 2.75) is 19.8 Å². The molecule has 3 N–H and O–H groups in total. The van der Waals surface area contributed by atoms with Crippen molar-refractivity contribution in [3.8, 4) is 5.75 Å². The Labute approximate surface area is 157 Å². The number of carbonyl (C=O) groups excluding carboxylic acids is 2. The third-order valence-corrected chi connectivity index (χ3v) is 3.69. The second kappa shape index (κ2) is 9.53. The molecule has 0 spiro atoms. The van der Waals surface area contributed by atoms with Gasteiger partial charge in [0, 0.05) is 23.4 Å². The normalized spacial score (nSPS) is 9.92. The van der Waals surface area contributed by atoms with E-state index in [0.717, 1.165) is 6.42 Å². The molecule has 2 aromatic carbocycles. The molecule has 7 heteroatoms. The van der Waals surface area contributed by atoms with Crippen LogP contribution < -0.4 is 20.7 Å². The molecular weight excluding hydrogens is 350 g/mol. The standard InChI is InChI=1S/C19H21N3O3S/c1-3-4-17(23)20-14-7-9-15(10-8-14)21-19(26)22-18(24)13-5-11-16(25-2)12-6-13/h5-12H,3-4H2,1-2H3,(H,20,23)(H2,21,22,24,26). The lowest BCUT2D eigenvalue weighted by Gasteiger charge is -2.11. The number of hydrogen-bond acceptors (Lipinski definition) is 4. The molecule has 2 rings (SSSR count). The van der Waals surface area contributed by atoms with E-state index in [2.05, 4.69) is 16.0 Å². The van der Waals surface area contributed by atoms with Crippen LogP contribution in [0.4, 0.5) is 11.4 Å². The highest BCUT2D eigenvalue weighted by molar-refractivity contribution is 7.80. The molecule has 0 saturated heterocycles. The molecule has 0 aliphatic rings. The third kappa shape index (κ3) is 5.86. The predicted octanol–water partition coefficient (Wildman–Crippen LogP) is 3.56. The molecule has 0 aliphatic carbocycles. The molecule has 0 radical (unpaired) electrons. The molecule has 0 atom stereocenters. The summed E-state index contributed by atoms with van der Waals surface area (Å²) in [4.78, 5) is 23.7. The van der Waals surface area contributed by atoms with Gasteiger partial charge in [0.05, 0.1) is 7.11 Å². The van der Waals surface area contributed by atoms with Crippen molar-refractivity contribution < 1.29 is 14.3 Å². The summed E-state index contributed by atoms with van der Waals surface area (Å²) in [5.74, 6) is 0.345. The van der Waals surface area contributed by atoms with Crippen LogP contribution in [0, 0.1) is 0 Å². The highest BCUT2D eigenvalue weighted by Crippen LogP contribution is 2.14. The van der Waals surface area contributed by atoms with E-state index in [9.17, 15) is 9.59 Å². The van der Waals surface area contributed by atoms with Gasteiger partial charge in [-0.2, -0.15) is 0 Å². The molecule has 0 saturated carbocycles. The van der Waals surface area contributed by atoms with Gasteiger partial charge in [0.15, 0.2) is 5.11 Å². The first-order valence-corrected chi connectivity index (χ1v) is 8.59. The van der Waals surface area contributed by atoms with Gasteiger partial charge in [-0.3, -0.25) is 14.9 Å². The quantitative estimate of drug-likeness (QED) is 0.677. The third-order valence-electron chi connectivity index (χ3n) is 3.48. The lowest BCUT2D eigenvalue weighted by atomic mass is 10.2. The topological polar surface area (TPSA) is 79.5 Å². The summed E-state index contributed by atoms with van der Waals surface area (Å²) in [7, 11) is 1.56. The number of benzene rings is 2. The van der Waals surface area contributed by atoms with Crippen LogP contribution in [0.5, 0.6) is 5.75 Å². The monoisotopic (exact) mass is 371 g/mol. The lowest BCUT2D eigenvalue weighted by molar-refractivity contribution is -0.116. The molecule has 136 valence electrons. The van der Waals surface area contributed by atoms with Crippen molar-refractivity contribution in [2.75, 3.05) is 17.7 Å². The van der Waals surface area contributed by atoms with E-state index in [1.165, 1.54) is 0 Å². The summed E-state index contributed by atoms with van der Waals surface area (Å²) in [6.07, 6.45) is 1.29. The maximum absolute atomic E-state index is 12.2. The number of anilines is 2. The number of rotatable bonds is 6. The minimum atomic E-state index is -0.311. The number of carbonyl (C=O) groups is 2. The maximum atomic E-state index is 12.2. The molecule has 0 aromatic heterocycles. The van der Waals surface area contributed by atoms with Gasteiger partial charge < -0.3 is 15.4 Å². The van der Waals surface area contributed by atoms with E-state index in [0.29, 0.717) is 29.1 Å². The zero-order valence-corrected chi connectivity index (χ0v) is 15.5. The molecule has 0 heterocycles. The van der Waals surface area contributed by atoms with Gasteiger partial charge in [-0.05, 0) is 67.2 Å². The van der Waals surface area contributed by atoms with E-state index in [1.807, 2.05) is 6.92 Å². The molecule has 2 amide bonds. The van der Waals surface area contributed by atoms with Crippen molar-refractivity contribution in [2.24, 2.45) is 0 Å². The van der Waals surface area contributed by atoms with Crippen molar-refractivity contribution in [3.05, 3.63) is 54.1 Å². The highest BCUT2D eigenvalue weighted by atomic mass is 32.1. The molecule has 2 aromatic rings. The minimum absolute atomic E-state index is 0.0181. The van der Waals surface area contributed by atoms with Gasteiger partial charge in [0.1, 0.15) is 5.75 Å². The van der Waals surface area contributed by atoms with Crippen LogP contribution in [0.2, 0.25) is 0 Å². The number of methoxy groups -OCH3 is 1. The maximum Gasteiger partial charge on any atom is 0.257 e. The average molecular weight is 371 g/mol. The summed E-state index contributed by atoms with van der Waals surface area (Å²) in [6.45, 7) is 1.95. The first kappa shape index (κ1) is 19.4. The van der Waals surface area contributed by atoms with E-state index in [-0.39, 0.29) is 16.9 Å². The molecule has 0 aliphatic heterocycles. The molecule has 0 fully saturated rings. The summed E-state index contributed by atoms with van der Waals surface area (Å²) in [6, 6.07) is 13.8. The lowest BCUT2D eigenvalue weighted by Crippen LogP contribution is -2.34. The average Bonchev–Trinajstić information content (AvgIpc) is 2.63. The van der Waals surface area contributed by atoms with Crippen LogP contribution in [-0.4, -0.2) is 24.0 Å². The number of ether oxygens (including phenoxy) is 1. The van der Waals surface area contributed by atoms with Crippen LogP contribution in [-0.2, 0) is 4.79 Å². The highest BCUT2D eigenvalue weighted by Gasteiger charge is 2.08. The van der Waals surface area contributed by atoms with Crippen LogP contribution in [0.25, 0.3) is 0 Å². The fourth-order valence-corrected chi connectivity index (χ4v) is 2.38. The largest absolute Gasteiger partial charge is 0.497 e. The van der Waals surface area contributed by atoms with Crippen molar-refractivity contribution >= 4 is 40.5 Å². The van der Waals surface area contributed by atoms with Crippen LogP contribution >= 0.6 is 12.2 Å². The molecule has 26 heavy (non-hydrogen) atoms. The second-order valence-electron chi connectivity index (χ2n) is 5.51.